The Morgan fingerprint density at radius 2 is 1.76 bits per heavy atom. The summed E-state index contributed by atoms with van der Waals surface area (Å²) < 4.78 is 0. The molecule has 0 radical (unpaired) electrons. The van der Waals surface area contributed by atoms with Crippen LogP contribution in [0.4, 0.5) is 11.4 Å². The highest BCUT2D eigenvalue weighted by Gasteiger charge is 2.56. The van der Waals surface area contributed by atoms with E-state index in [4.69, 9.17) is 15.2 Å². The van der Waals surface area contributed by atoms with Crippen LogP contribution < -0.4 is 15.1 Å². The molecule has 2 aliphatic rings. The number of nitrogens with zero attached hydrogens (tertiary/aromatic N) is 6. The Morgan fingerprint density at radius 1 is 1.02 bits per heavy atom. The maximum absolute atomic E-state index is 14.8. The molecule has 2 atom stereocenters. The summed E-state index contributed by atoms with van der Waals surface area (Å²) in [5.74, 6) is 1.39. The van der Waals surface area contributed by atoms with Crippen molar-refractivity contribution in [3.8, 4) is 0 Å². The first-order chi connectivity index (χ1) is 22.2. The molecule has 1 spiro atoms. The topological polar surface area (TPSA) is 95.7 Å². The molecule has 238 valence electrons. The number of benzene rings is 3. The average molecular weight is 636 g/mol. The summed E-state index contributed by atoms with van der Waals surface area (Å²) in [4.78, 5) is 37.7. The first kappa shape index (κ1) is 31.5. The van der Waals surface area contributed by atoms with Gasteiger partial charge >= 0.3 is 0 Å². The van der Waals surface area contributed by atoms with Gasteiger partial charge < -0.3 is 10.2 Å². The van der Waals surface area contributed by atoms with E-state index in [0.29, 0.717) is 41.5 Å². The number of hydrogen-bond acceptors (Lipinski definition) is 7. The van der Waals surface area contributed by atoms with Crippen molar-refractivity contribution in [2.24, 2.45) is 5.10 Å². The maximum Gasteiger partial charge on any atom is 0.260 e. The Labute approximate surface area is 275 Å². The lowest BCUT2D eigenvalue weighted by Crippen LogP contribution is -2.51. The third kappa shape index (κ3) is 5.28. The van der Waals surface area contributed by atoms with Crippen molar-refractivity contribution in [1.29, 1.82) is 0 Å². The quantitative estimate of drug-likeness (QED) is 0.221. The third-order valence-electron chi connectivity index (χ3n) is 9.00. The minimum atomic E-state index is -0.998. The van der Waals surface area contributed by atoms with Crippen LogP contribution >= 0.6 is 11.8 Å². The molecule has 0 saturated carbocycles. The van der Waals surface area contributed by atoms with Gasteiger partial charge in [-0.25, -0.2) is 4.98 Å². The zero-order valence-corrected chi connectivity index (χ0v) is 28.2. The second-order valence-corrected chi connectivity index (χ2v) is 13.1. The smallest absolute Gasteiger partial charge is 0.260 e. The van der Waals surface area contributed by atoms with Gasteiger partial charge in [-0.2, -0.15) is 5.10 Å². The van der Waals surface area contributed by atoms with E-state index in [-0.39, 0.29) is 17.7 Å². The Kier molecular flexibility index (Phi) is 8.74. The molecule has 10 heteroatoms. The van der Waals surface area contributed by atoms with E-state index < -0.39 is 4.87 Å². The van der Waals surface area contributed by atoms with Gasteiger partial charge in [-0.05, 0) is 81.1 Å². The minimum Gasteiger partial charge on any atom is -0.372 e. The Balaban J connectivity index is 1.42. The predicted molar refractivity (Wildman–Crippen MR) is 186 cm³/mol. The molecule has 2 aliphatic heterocycles. The lowest BCUT2D eigenvalue weighted by Gasteiger charge is -2.39. The van der Waals surface area contributed by atoms with Crippen LogP contribution in [0.25, 0.3) is 0 Å². The van der Waals surface area contributed by atoms with Crippen LogP contribution in [0.2, 0.25) is 0 Å². The second-order valence-electron chi connectivity index (χ2n) is 11.9. The van der Waals surface area contributed by atoms with Gasteiger partial charge in [-0.3, -0.25) is 14.5 Å². The fourth-order valence-corrected chi connectivity index (χ4v) is 7.92. The number of nitrogens with one attached hydrogen (secondary N) is 1. The van der Waals surface area contributed by atoms with Crippen molar-refractivity contribution in [2.45, 2.75) is 64.5 Å². The van der Waals surface area contributed by atoms with Gasteiger partial charge in [0.2, 0.25) is 0 Å². The van der Waals surface area contributed by atoms with E-state index in [9.17, 15) is 9.59 Å². The number of carbonyl (C=O) groups excluding carboxylic acids is 2. The molecule has 0 bridgehead atoms. The van der Waals surface area contributed by atoms with Gasteiger partial charge in [-0.15, -0.1) is 21.7 Å². The first-order valence-corrected chi connectivity index (χ1v) is 17.0. The van der Waals surface area contributed by atoms with E-state index in [1.807, 2.05) is 67.3 Å². The van der Waals surface area contributed by atoms with E-state index >= 15 is 0 Å². The molecule has 6 rings (SSSR count). The van der Waals surface area contributed by atoms with E-state index in [2.05, 4.69) is 56.1 Å². The molecule has 1 N–H and O–H groups in total. The van der Waals surface area contributed by atoms with Crippen LogP contribution in [-0.2, 0) is 10.6 Å². The minimum absolute atomic E-state index is 0.0861. The largest absolute Gasteiger partial charge is 0.372 e. The van der Waals surface area contributed by atoms with Crippen molar-refractivity contribution >= 4 is 40.7 Å². The zero-order chi connectivity index (χ0) is 32.6. The van der Waals surface area contributed by atoms with Crippen LogP contribution in [0.3, 0.4) is 0 Å². The van der Waals surface area contributed by atoms with Gasteiger partial charge in [0.25, 0.3) is 11.8 Å². The average Bonchev–Trinajstić information content (AvgIpc) is 3.58. The molecule has 9 nitrogen and oxygen atoms in total. The molecule has 3 heterocycles. The zero-order valence-electron chi connectivity index (χ0n) is 27.4. The van der Waals surface area contributed by atoms with Crippen molar-refractivity contribution in [3.05, 3.63) is 106 Å². The second kappa shape index (κ2) is 12.7. The molecule has 46 heavy (non-hydrogen) atoms. The van der Waals surface area contributed by atoms with Crippen molar-refractivity contribution in [2.75, 3.05) is 29.4 Å². The lowest BCUT2D eigenvalue weighted by atomic mass is 10.00. The fraction of sp³-hybridized carbons (Fsp3) is 0.361. The summed E-state index contributed by atoms with van der Waals surface area (Å²) in [6, 6.07) is 21.7. The summed E-state index contributed by atoms with van der Waals surface area (Å²) in [6.45, 7) is 14.5. The molecule has 1 aromatic heterocycles. The SMILES string of the molecule is CCC1=Nn2nc(C(C)CNC(=O)c3ccccc3C)nc2C12SCc1ccccc1C(=O)N2c1ccc(N(CC)CC)cc1C. The summed E-state index contributed by atoms with van der Waals surface area (Å²) in [6.07, 6.45) is 0.617. The van der Waals surface area contributed by atoms with Crippen molar-refractivity contribution in [1.82, 2.24) is 20.2 Å². The number of carbonyl (C=O) groups is 2. The summed E-state index contributed by atoms with van der Waals surface area (Å²) >= 11 is 1.66. The van der Waals surface area contributed by atoms with Crippen LogP contribution in [-0.4, -0.2) is 52.0 Å². The molecule has 2 unspecified atom stereocenters. The summed E-state index contributed by atoms with van der Waals surface area (Å²) in [5, 5.41) is 12.9. The normalized spacial score (nSPS) is 17.7. The maximum atomic E-state index is 14.8. The summed E-state index contributed by atoms with van der Waals surface area (Å²) in [5.41, 5.74) is 7.01. The van der Waals surface area contributed by atoms with Crippen LogP contribution in [0, 0.1) is 13.8 Å². The number of anilines is 2. The van der Waals surface area contributed by atoms with E-state index in [1.54, 1.807) is 16.6 Å². The molecular weight excluding hydrogens is 595 g/mol. The molecule has 0 aliphatic carbocycles. The Bertz CT molecular complexity index is 1830. The highest BCUT2D eigenvalue weighted by molar-refractivity contribution is 8.00. The fourth-order valence-electron chi connectivity index (χ4n) is 6.39. The van der Waals surface area contributed by atoms with Crippen LogP contribution in [0.1, 0.15) is 89.1 Å². The Morgan fingerprint density at radius 3 is 2.48 bits per heavy atom. The molecule has 2 amide bonds. The first-order valence-electron chi connectivity index (χ1n) is 16.0. The molecule has 4 aromatic rings. The number of aryl methyl sites for hydroxylation is 2. The number of rotatable bonds is 9. The summed E-state index contributed by atoms with van der Waals surface area (Å²) in [7, 11) is 0. The number of hydrogen-bond donors (Lipinski definition) is 1. The number of aromatic nitrogens is 3. The van der Waals surface area contributed by atoms with Gasteiger partial charge in [0.1, 0.15) is 0 Å². The molecule has 0 saturated heterocycles. The standard InChI is InChI=1S/C36H41N7O2S/c1-7-31-36(35-38-32(40-43(35)39-31)25(6)21-37-33(44)28-16-12-10-14-23(28)4)42(34(45)29-17-13-11-15-26(29)22-46-36)30-19-18-27(20-24(30)5)41(8-2)9-3/h10-20,25H,7-9,21-22H2,1-6H3,(H,37,44). The lowest BCUT2D eigenvalue weighted by molar-refractivity contribution is 0.0948. The van der Waals surface area contributed by atoms with Crippen LogP contribution in [0.5, 0.6) is 0 Å². The van der Waals surface area contributed by atoms with Gasteiger partial charge in [0, 0.05) is 53.8 Å². The van der Waals surface area contributed by atoms with E-state index in [1.165, 1.54) is 0 Å². The van der Waals surface area contributed by atoms with Gasteiger partial charge in [0.15, 0.2) is 16.5 Å². The van der Waals surface area contributed by atoms with Gasteiger partial charge in [-0.1, -0.05) is 50.2 Å². The van der Waals surface area contributed by atoms with Crippen molar-refractivity contribution in [3.63, 3.8) is 0 Å². The third-order valence-corrected chi connectivity index (χ3v) is 10.5. The van der Waals surface area contributed by atoms with E-state index in [0.717, 1.165) is 46.9 Å². The highest BCUT2D eigenvalue weighted by Crippen LogP contribution is 2.51. The van der Waals surface area contributed by atoms with Crippen molar-refractivity contribution < 1.29 is 9.59 Å². The monoisotopic (exact) mass is 635 g/mol. The number of thioether (sulfide) groups is 1. The molecule has 3 aromatic carbocycles. The number of amides is 2. The molecular formula is C36H41N7O2S. The number of fused-ring (bicyclic) bond motifs is 3. The molecule has 0 fully saturated rings. The Hall–Kier alpha value is -4.44. The highest BCUT2D eigenvalue weighted by atomic mass is 32.2. The van der Waals surface area contributed by atoms with Gasteiger partial charge in [0.05, 0.1) is 5.71 Å². The van der Waals surface area contributed by atoms with Crippen LogP contribution in [0.15, 0.2) is 71.8 Å². The predicted octanol–water partition coefficient (Wildman–Crippen LogP) is 6.65.